The molecule has 0 aliphatic heterocycles. The fourth-order valence-corrected chi connectivity index (χ4v) is 2.16. The van der Waals surface area contributed by atoms with Gasteiger partial charge in [-0.3, -0.25) is 0 Å². The number of ether oxygens (including phenoxy) is 3. The highest BCUT2D eigenvalue weighted by molar-refractivity contribution is 5.89. The third-order valence-electron chi connectivity index (χ3n) is 3.28. The molecule has 0 bridgehead atoms. The molecule has 2 aromatic carbocycles. The number of amides is 2. The first-order valence-electron chi connectivity index (χ1n) is 7.85. The number of rotatable bonds is 8. The lowest BCUT2D eigenvalue weighted by atomic mass is 10.2. The van der Waals surface area contributed by atoms with Crippen LogP contribution in [0.4, 0.5) is 19.3 Å². The third kappa shape index (κ3) is 6.12. The van der Waals surface area contributed by atoms with E-state index in [1.807, 2.05) is 31.2 Å². The van der Waals surface area contributed by atoms with Crippen molar-refractivity contribution in [2.45, 2.75) is 13.5 Å². The van der Waals surface area contributed by atoms with E-state index in [1.165, 1.54) is 25.3 Å². The molecule has 8 heteroatoms. The van der Waals surface area contributed by atoms with Gasteiger partial charge in [0.2, 0.25) is 0 Å². The van der Waals surface area contributed by atoms with Crippen LogP contribution in [0.25, 0.3) is 0 Å². The number of aryl methyl sites for hydroxylation is 1. The molecule has 0 unspecified atom stereocenters. The number of carbonyl (C=O) groups is 1. The van der Waals surface area contributed by atoms with E-state index in [-0.39, 0.29) is 18.0 Å². The maximum Gasteiger partial charge on any atom is 0.387 e. The van der Waals surface area contributed by atoms with Crippen molar-refractivity contribution >= 4 is 11.7 Å². The Hall–Kier alpha value is -3.03. The van der Waals surface area contributed by atoms with Crippen molar-refractivity contribution in [1.29, 1.82) is 0 Å². The maximum atomic E-state index is 12.4. The van der Waals surface area contributed by atoms with Gasteiger partial charge in [-0.1, -0.05) is 12.1 Å². The second-order valence-corrected chi connectivity index (χ2v) is 5.29. The molecule has 0 atom stereocenters. The number of nitrogens with one attached hydrogen (secondary N) is 2. The molecule has 0 radical (unpaired) electrons. The summed E-state index contributed by atoms with van der Waals surface area (Å²) in [5.41, 5.74) is 1.37. The number of urea groups is 1. The minimum absolute atomic E-state index is 0.141. The van der Waals surface area contributed by atoms with Gasteiger partial charge in [-0.15, -0.1) is 0 Å². The quantitative estimate of drug-likeness (QED) is 0.697. The van der Waals surface area contributed by atoms with E-state index in [4.69, 9.17) is 9.47 Å². The average Bonchev–Trinajstić information content (AvgIpc) is 2.58. The number of alkyl halides is 2. The van der Waals surface area contributed by atoms with Crippen molar-refractivity contribution in [2.24, 2.45) is 0 Å². The van der Waals surface area contributed by atoms with E-state index in [2.05, 4.69) is 15.4 Å². The van der Waals surface area contributed by atoms with Gasteiger partial charge in [0.25, 0.3) is 0 Å². The SMILES string of the molecule is COc1ccc(NC(=O)NCCOc2cccc(C)c2)cc1OC(F)F. The van der Waals surface area contributed by atoms with Gasteiger partial charge in [0.05, 0.1) is 13.7 Å². The summed E-state index contributed by atoms with van der Waals surface area (Å²) in [5, 5.41) is 5.14. The van der Waals surface area contributed by atoms with Crippen molar-refractivity contribution in [1.82, 2.24) is 5.32 Å². The highest BCUT2D eigenvalue weighted by Crippen LogP contribution is 2.31. The molecule has 0 heterocycles. The molecular formula is C18H20F2N2O4. The highest BCUT2D eigenvalue weighted by Gasteiger charge is 2.12. The Morgan fingerprint density at radius 3 is 2.65 bits per heavy atom. The van der Waals surface area contributed by atoms with E-state index in [0.717, 1.165) is 11.3 Å². The first-order chi connectivity index (χ1) is 12.5. The van der Waals surface area contributed by atoms with E-state index >= 15 is 0 Å². The molecule has 2 rings (SSSR count). The number of hydrogen-bond acceptors (Lipinski definition) is 4. The number of methoxy groups -OCH3 is 1. The lowest BCUT2D eigenvalue weighted by Crippen LogP contribution is -2.32. The van der Waals surface area contributed by atoms with Gasteiger partial charge in [-0.2, -0.15) is 8.78 Å². The van der Waals surface area contributed by atoms with E-state index in [0.29, 0.717) is 12.3 Å². The van der Waals surface area contributed by atoms with Crippen LogP contribution >= 0.6 is 0 Å². The van der Waals surface area contributed by atoms with Gasteiger partial charge in [-0.05, 0) is 36.8 Å². The maximum absolute atomic E-state index is 12.4. The Kier molecular flexibility index (Phi) is 7.02. The Labute approximate surface area is 150 Å². The molecule has 2 aromatic rings. The van der Waals surface area contributed by atoms with Crippen LogP contribution in [0.1, 0.15) is 5.56 Å². The Balaban J connectivity index is 1.81. The summed E-state index contributed by atoms with van der Waals surface area (Å²) in [4.78, 5) is 11.9. The molecule has 140 valence electrons. The zero-order valence-corrected chi connectivity index (χ0v) is 14.4. The van der Waals surface area contributed by atoms with Gasteiger partial charge in [0, 0.05) is 11.8 Å². The molecule has 26 heavy (non-hydrogen) atoms. The summed E-state index contributed by atoms with van der Waals surface area (Å²) in [7, 11) is 1.34. The molecule has 0 saturated heterocycles. The summed E-state index contributed by atoms with van der Waals surface area (Å²) < 4.78 is 39.6. The molecule has 0 aromatic heterocycles. The second kappa shape index (κ2) is 9.45. The van der Waals surface area contributed by atoms with Crippen LogP contribution in [-0.2, 0) is 0 Å². The van der Waals surface area contributed by atoms with Crippen molar-refractivity contribution in [3.05, 3.63) is 48.0 Å². The first kappa shape index (κ1) is 19.3. The normalized spacial score (nSPS) is 10.3. The van der Waals surface area contributed by atoms with Crippen molar-refractivity contribution in [2.75, 3.05) is 25.6 Å². The van der Waals surface area contributed by atoms with Gasteiger partial charge >= 0.3 is 12.6 Å². The van der Waals surface area contributed by atoms with Crippen molar-refractivity contribution in [3.63, 3.8) is 0 Å². The molecule has 0 fully saturated rings. The smallest absolute Gasteiger partial charge is 0.387 e. The Morgan fingerprint density at radius 1 is 1.15 bits per heavy atom. The molecule has 0 aliphatic rings. The van der Waals surface area contributed by atoms with Crippen LogP contribution in [0, 0.1) is 6.92 Å². The fourth-order valence-electron chi connectivity index (χ4n) is 2.16. The zero-order chi connectivity index (χ0) is 18.9. The molecule has 6 nitrogen and oxygen atoms in total. The minimum Gasteiger partial charge on any atom is -0.493 e. The van der Waals surface area contributed by atoms with E-state index in [9.17, 15) is 13.6 Å². The largest absolute Gasteiger partial charge is 0.493 e. The van der Waals surface area contributed by atoms with Gasteiger partial charge in [0.15, 0.2) is 11.5 Å². The first-order valence-corrected chi connectivity index (χ1v) is 7.85. The lowest BCUT2D eigenvalue weighted by Gasteiger charge is -2.13. The number of carbonyl (C=O) groups excluding carboxylic acids is 1. The summed E-state index contributed by atoms with van der Waals surface area (Å²) in [6, 6.07) is 11.3. The summed E-state index contributed by atoms with van der Waals surface area (Å²) >= 11 is 0. The lowest BCUT2D eigenvalue weighted by molar-refractivity contribution is -0.0511. The minimum atomic E-state index is -2.99. The third-order valence-corrected chi connectivity index (χ3v) is 3.28. The topological polar surface area (TPSA) is 68.8 Å². The van der Waals surface area contributed by atoms with E-state index < -0.39 is 12.6 Å². The Morgan fingerprint density at radius 2 is 1.96 bits per heavy atom. The molecule has 0 spiro atoms. The predicted molar refractivity (Wildman–Crippen MR) is 93.3 cm³/mol. The number of halogens is 2. The summed E-state index contributed by atoms with van der Waals surface area (Å²) in [5.74, 6) is 0.696. The van der Waals surface area contributed by atoms with Crippen LogP contribution in [0.3, 0.4) is 0 Å². The number of anilines is 1. The summed E-state index contributed by atoms with van der Waals surface area (Å²) in [6.07, 6.45) is 0. The van der Waals surface area contributed by atoms with E-state index in [1.54, 1.807) is 0 Å². The van der Waals surface area contributed by atoms with Crippen LogP contribution in [-0.4, -0.2) is 32.9 Å². The van der Waals surface area contributed by atoms with Crippen LogP contribution in [0.15, 0.2) is 42.5 Å². The molecule has 0 aliphatic carbocycles. The van der Waals surface area contributed by atoms with Gasteiger partial charge in [0.1, 0.15) is 12.4 Å². The van der Waals surface area contributed by atoms with Gasteiger partial charge < -0.3 is 24.8 Å². The number of benzene rings is 2. The molecule has 2 N–H and O–H groups in total. The summed E-state index contributed by atoms with van der Waals surface area (Å²) in [6.45, 7) is -0.471. The predicted octanol–water partition coefficient (Wildman–Crippen LogP) is 3.81. The monoisotopic (exact) mass is 366 g/mol. The van der Waals surface area contributed by atoms with Crippen LogP contribution in [0.2, 0.25) is 0 Å². The van der Waals surface area contributed by atoms with Crippen molar-refractivity contribution in [3.8, 4) is 17.2 Å². The van der Waals surface area contributed by atoms with Crippen LogP contribution < -0.4 is 24.8 Å². The fraction of sp³-hybridized carbons (Fsp3) is 0.278. The number of hydrogen-bond donors (Lipinski definition) is 2. The van der Waals surface area contributed by atoms with Gasteiger partial charge in [-0.25, -0.2) is 4.79 Å². The molecule has 2 amide bonds. The molecular weight excluding hydrogens is 346 g/mol. The second-order valence-electron chi connectivity index (χ2n) is 5.29. The standard InChI is InChI=1S/C18H20F2N2O4/c1-12-4-3-5-14(10-12)25-9-8-21-18(23)22-13-6-7-15(24-2)16(11-13)26-17(19)20/h3-7,10-11,17H,8-9H2,1-2H3,(H2,21,22,23). The highest BCUT2D eigenvalue weighted by atomic mass is 19.3. The molecule has 0 saturated carbocycles. The average molecular weight is 366 g/mol. The zero-order valence-electron chi connectivity index (χ0n) is 14.4. The van der Waals surface area contributed by atoms with Crippen molar-refractivity contribution < 1.29 is 27.8 Å². The Bertz CT molecular complexity index is 741. The van der Waals surface area contributed by atoms with Crippen LogP contribution in [0.5, 0.6) is 17.2 Å².